The van der Waals surface area contributed by atoms with Crippen molar-refractivity contribution in [1.82, 2.24) is 14.6 Å². The maximum atomic E-state index is 13.0. The van der Waals surface area contributed by atoms with E-state index < -0.39 is 5.56 Å². The van der Waals surface area contributed by atoms with E-state index in [1.54, 1.807) is 6.08 Å². The lowest BCUT2D eigenvalue weighted by atomic mass is 10.1. The van der Waals surface area contributed by atoms with Crippen LogP contribution < -0.4 is 20.4 Å². The van der Waals surface area contributed by atoms with Crippen molar-refractivity contribution in [2.75, 3.05) is 6.61 Å². The van der Waals surface area contributed by atoms with Gasteiger partial charge >= 0.3 is 0 Å². The van der Waals surface area contributed by atoms with Gasteiger partial charge in [-0.1, -0.05) is 86.1 Å². The van der Waals surface area contributed by atoms with Gasteiger partial charge in [0.2, 0.25) is 4.96 Å². The summed E-state index contributed by atoms with van der Waals surface area (Å²) in [7, 11) is 0. The summed E-state index contributed by atoms with van der Waals surface area (Å²) in [5.74, 6) is 0.737. The summed E-state index contributed by atoms with van der Waals surface area (Å²) in [6.45, 7) is 2.82. The first-order valence-electron chi connectivity index (χ1n) is 10.9. The molecule has 0 spiro atoms. The molecule has 2 heterocycles. The molecule has 2 aromatic carbocycles. The van der Waals surface area contributed by atoms with Gasteiger partial charge in [0.15, 0.2) is 0 Å². The summed E-state index contributed by atoms with van der Waals surface area (Å²) in [5.41, 5.74) is 1.32. The van der Waals surface area contributed by atoms with Crippen LogP contribution >= 0.6 is 11.3 Å². The highest BCUT2D eigenvalue weighted by Crippen LogP contribution is 2.19. The molecule has 4 rings (SSSR count). The van der Waals surface area contributed by atoms with Crippen LogP contribution in [0.25, 0.3) is 11.0 Å². The number of hydrogen-bond acceptors (Lipinski definition) is 6. The van der Waals surface area contributed by atoms with E-state index in [1.165, 1.54) is 17.4 Å². The first-order valence-corrected chi connectivity index (χ1v) is 11.7. The van der Waals surface area contributed by atoms with E-state index in [2.05, 4.69) is 17.0 Å². The van der Waals surface area contributed by atoms with E-state index in [0.717, 1.165) is 41.1 Å². The molecule has 0 saturated heterocycles. The Morgan fingerprint density at radius 1 is 1.00 bits per heavy atom. The number of nitrogens with zero attached hydrogens (tertiary/aromatic N) is 3. The number of hydrogen-bond donors (Lipinski definition) is 0. The van der Waals surface area contributed by atoms with Gasteiger partial charge in [-0.15, -0.1) is 0 Å². The quantitative estimate of drug-likeness (QED) is 0.367. The molecule has 4 aromatic rings. The third-order valence-electron chi connectivity index (χ3n) is 5.13. The van der Waals surface area contributed by atoms with E-state index in [1.807, 2.05) is 54.6 Å². The molecule has 0 atom stereocenters. The van der Waals surface area contributed by atoms with Crippen LogP contribution in [-0.4, -0.2) is 21.2 Å². The number of unbranched alkanes of at least 4 members (excludes halogenated alkanes) is 3. The second-order valence-electron chi connectivity index (χ2n) is 7.58. The Hall–Kier alpha value is -3.32. The topological polar surface area (TPSA) is 73.6 Å². The van der Waals surface area contributed by atoms with Gasteiger partial charge in [0.1, 0.15) is 11.4 Å². The predicted octanol–water partition coefficient (Wildman–Crippen LogP) is 3.61. The van der Waals surface area contributed by atoms with Gasteiger partial charge in [-0.2, -0.15) is 14.6 Å². The molecule has 0 unspecified atom stereocenters. The number of aromatic nitrogens is 3. The second-order valence-corrected chi connectivity index (χ2v) is 8.59. The molecule has 0 fully saturated rings. The van der Waals surface area contributed by atoms with Crippen molar-refractivity contribution < 1.29 is 4.74 Å². The van der Waals surface area contributed by atoms with Gasteiger partial charge in [-0.3, -0.25) is 9.59 Å². The monoisotopic (exact) mass is 447 g/mol. The SMILES string of the molecule is CCCCCCOc1ccccc1/C=c1/sc2nc(=O)c(Cc3ccccc3)nn2c1=O. The molecule has 164 valence electrons. The maximum Gasteiger partial charge on any atom is 0.296 e. The van der Waals surface area contributed by atoms with Crippen LogP contribution in [0.5, 0.6) is 5.75 Å². The number of thiazole rings is 1. The zero-order valence-corrected chi connectivity index (χ0v) is 18.8. The fourth-order valence-electron chi connectivity index (χ4n) is 3.42. The fraction of sp³-hybridized carbons (Fsp3) is 0.280. The molecule has 0 aliphatic heterocycles. The molecular weight excluding hydrogens is 422 g/mol. The van der Waals surface area contributed by atoms with Crippen molar-refractivity contribution in [3.63, 3.8) is 0 Å². The Labute approximate surface area is 189 Å². The summed E-state index contributed by atoms with van der Waals surface area (Å²) < 4.78 is 7.65. The molecule has 0 aliphatic rings. The molecule has 0 amide bonds. The minimum Gasteiger partial charge on any atom is -0.493 e. The van der Waals surface area contributed by atoms with Gasteiger partial charge in [0.25, 0.3) is 11.1 Å². The van der Waals surface area contributed by atoms with Crippen LogP contribution in [0.4, 0.5) is 0 Å². The largest absolute Gasteiger partial charge is 0.493 e. The summed E-state index contributed by atoms with van der Waals surface area (Å²) >= 11 is 1.16. The highest BCUT2D eigenvalue weighted by atomic mass is 32.1. The minimum atomic E-state index is -0.405. The average molecular weight is 448 g/mol. The Morgan fingerprint density at radius 3 is 2.59 bits per heavy atom. The Morgan fingerprint density at radius 2 is 1.78 bits per heavy atom. The van der Waals surface area contributed by atoms with Crippen LogP contribution in [0, 0.1) is 0 Å². The summed E-state index contributed by atoms with van der Waals surface area (Å²) in [5, 5.41) is 4.32. The first kappa shape index (κ1) is 21.9. The zero-order valence-electron chi connectivity index (χ0n) is 18.0. The summed E-state index contributed by atoms with van der Waals surface area (Å²) in [4.78, 5) is 29.8. The van der Waals surface area contributed by atoms with Crippen LogP contribution in [0.3, 0.4) is 0 Å². The fourth-order valence-corrected chi connectivity index (χ4v) is 4.32. The molecule has 2 aromatic heterocycles. The molecule has 0 saturated carbocycles. The van der Waals surface area contributed by atoms with E-state index in [9.17, 15) is 9.59 Å². The second kappa shape index (κ2) is 10.3. The lowest BCUT2D eigenvalue weighted by molar-refractivity contribution is 0.304. The van der Waals surface area contributed by atoms with E-state index in [-0.39, 0.29) is 11.3 Å². The van der Waals surface area contributed by atoms with Crippen molar-refractivity contribution in [2.45, 2.75) is 39.0 Å². The molecule has 0 aliphatic carbocycles. The molecule has 6 nitrogen and oxygen atoms in total. The predicted molar refractivity (Wildman–Crippen MR) is 128 cm³/mol. The smallest absolute Gasteiger partial charge is 0.296 e. The van der Waals surface area contributed by atoms with Gasteiger partial charge in [-0.05, 0) is 24.1 Å². The molecule has 0 radical (unpaired) electrons. The molecular formula is C25H25N3O3S. The van der Waals surface area contributed by atoms with Crippen molar-refractivity contribution in [3.8, 4) is 5.75 Å². The van der Waals surface area contributed by atoms with Crippen molar-refractivity contribution in [3.05, 3.63) is 96.7 Å². The van der Waals surface area contributed by atoms with Crippen LogP contribution in [0.2, 0.25) is 0 Å². The average Bonchev–Trinajstić information content (AvgIpc) is 3.10. The molecule has 32 heavy (non-hydrogen) atoms. The van der Waals surface area contributed by atoms with Gasteiger partial charge in [0, 0.05) is 12.0 Å². The van der Waals surface area contributed by atoms with Crippen LogP contribution in [0.1, 0.15) is 49.4 Å². The third-order valence-corrected chi connectivity index (χ3v) is 6.08. The molecule has 0 N–H and O–H groups in total. The van der Waals surface area contributed by atoms with Gasteiger partial charge < -0.3 is 4.74 Å². The van der Waals surface area contributed by atoms with E-state index in [0.29, 0.717) is 22.5 Å². The van der Waals surface area contributed by atoms with Crippen molar-refractivity contribution in [2.24, 2.45) is 0 Å². The van der Waals surface area contributed by atoms with Gasteiger partial charge in [0.05, 0.1) is 11.1 Å². The summed E-state index contributed by atoms with van der Waals surface area (Å²) in [6.07, 6.45) is 6.63. The van der Waals surface area contributed by atoms with Crippen molar-refractivity contribution in [1.29, 1.82) is 0 Å². The first-order chi connectivity index (χ1) is 15.7. The minimum absolute atomic E-state index is 0.256. The van der Waals surface area contributed by atoms with E-state index >= 15 is 0 Å². The number of fused-ring (bicyclic) bond motifs is 1. The zero-order chi connectivity index (χ0) is 22.3. The lowest BCUT2D eigenvalue weighted by Gasteiger charge is -2.08. The Bertz CT molecular complexity index is 1360. The normalized spacial score (nSPS) is 11.8. The van der Waals surface area contributed by atoms with Crippen molar-refractivity contribution >= 4 is 22.4 Å². The highest BCUT2D eigenvalue weighted by molar-refractivity contribution is 7.15. The number of benzene rings is 2. The number of rotatable bonds is 9. The van der Waals surface area contributed by atoms with Crippen LogP contribution in [0.15, 0.2) is 64.2 Å². The Balaban J connectivity index is 1.65. The maximum absolute atomic E-state index is 13.0. The number of para-hydroxylation sites is 1. The van der Waals surface area contributed by atoms with Crippen LogP contribution in [-0.2, 0) is 6.42 Å². The summed E-state index contributed by atoms with van der Waals surface area (Å²) in [6, 6.07) is 17.2. The third kappa shape index (κ3) is 5.11. The van der Waals surface area contributed by atoms with Gasteiger partial charge in [-0.25, -0.2) is 0 Å². The molecule has 7 heteroatoms. The standard InChI is InChI=1S/C25H25N3O3S/c1-2-3-4-10-15-31-21-14-9-8-13-19(21)17-22-24(30)28-25(32-22)26-23(29)20(27-28)16-18-11-6-5-7-12-18/h5-9,11-14,17H,2-4,10,15-16H2,1H3/b22-17+. The highest BCUT2D eigenvalue weighted by Gasteiger charge is 2.12. The number of ether oxygens (including phenoxy) is 1. The Kier molecular flexibility index (Phi) is 7.07. The molecule has 0 bridgehead atoms. The lowest BCUT2D eigenvalue weighted by Crippen LogP contribution is -2.28. The van der Waals surface area contributed by atoms with E-state index in [4.69, 9.17) is 4.74 Å².